The van der Waals surface area contributed by atoms with Crippen molar-refractivity contribution in [2.24, 2.45) is 5.92 Å². The van der Waals surface area contributed by atoms with E-state index in [0.29, 0.717) is 0 Å². The van der Waals surface area contributed by atoms with Crippen LogP contribution in [0.4, 0.5) is 0 Å². The first-order valence-electron chi connectivity index (χ1n) is 13.9. The number of aryl methyl sites for hydroxylation is 3. The normalized spacial score (nSPS) is 23.4. The van der Waals surface area contributed by atoms with Gasteiger partial charge in [-0.1, -0.05) is 13.8 Å². The van der Waals surface area contributed by atoms with Crippen molar-refractivity contribution >= 4 is 22.7 Å². The number of allylic oxidation sites excluding steroid dienone is 3. The summed E-state index contributed by atoms with van der Waals surface area (Å²) in [5.41, 5.74) is 5.45. The van der Waals surface area contributed by atoms with Gasteiger partial charge >= 0.3 is 215 Å². The Hall–Kier alpha value is -3.25. The summed E-state index contributed by atoms with van der Waals surface area (Å²) in [5.74, 6) is 0.230. The monoisotopic (exact) mass is 518 g/mol. The zero-order chi connectivity index (χ0) is 26.8. The number of benzene rings is 4. The van der Waals surface area contributed by atoms with Crippen molar-refractivity contribution in [1.29, 1.82) is 0 Å². The van der Waals surface area contributed by atoms with Crippen LogP contribution in [0.5, 0.6) is 0 Å². The number of fused-ring (bicyclic) bond motifs is 1. The predicted octanol–water partition coefficient (Wildman–Crippen LogP) is 8.26. The first kappa shape index (κ1) is 26.4. The van der Waals surface area contributed by atoms with E-state index in [1.807, 2.05) is 13.8 Å². The standard InChI is InChI=1S/C34H33OP.C2H6/c1-25-23-26(2)33(27(3)24-25)34-31-21-13-14-22-32(31)36(35-34,28-15-7-4-8-16-28,29-17-9-5-10-18-29)30-19-11-6-12-20-30;1-2/h4-24,31-32,34H,1-3H3;1-2H3/t31-,32?,34?;/m0./s1. The van der Waals surface area contributed by atoms with Crippen LogP contribution >= 0.6 is 6.83 Å². The second-order valence-corrected chi connectivity index (χ2v) is 14.8. The molecule has 3 atom stereocenters. The molecule has 2 heteroatoms. The first-order valence-corrected chi connectivity index (χ1v) is 16.1. The van der Waals surface area contributed by atoms with Crippen molar-refractivity contribution in [2.45, 2.75) is 46.4 Å². The summed E-state index contributed by atoms with van der Waals surface area (Å²) in [5, 5.41) is 3.88. The van der Waals surface area contributed by atoms with Gasteiger partial charge in [0.05, 0.1) is 0 Å². The van der Waals surface area contributed by atoms with E-state index in [1.165, 1.54) is 38.2 Å². The summed E-state index contributed by atoms with van der Waals surface area (Å²) in [4.78, 5) is 0. The Labute approximate surface area is 228 Å². The fourth-order valence-corrected chi connectivity index (χ4v) is 13.7. The molecule has 1 saturated heterocycles. The minimum atomic E-state index is -3.45. The summed E-state index contributed by atoms with van der Waals surface area (Å²) >= 11 is 0. The maximum absolute atomic E-state index is 7.96. The molecule has 1 nitrogen and oxygen atoms in total. The Morgan fingerprint density at radius 1 is 0.579 bits per heavy atom. The molecule has 2 aliphatic rings. The maximum atomic E-state index is 7.96. The van der Waals surface area contributed by atoms with Gasteiger partial charge in [-0.25, -0.2) is 0 Å². The number of hydrogen-bond donors (Lipinski definition) is 0. The van der Waals surface area contributed by atoms with Crippen molar-refractivity contribution in [2.75, 3.05) is 0 Å². The van der Waals surface area contributed by atoms with Crippen LogP contribution in [0.1, 0.15) is 42.2 Å². The van der Waals surface area contributed by atoms with Gasteiger partial charge in [0.1, 0.15) is 0 Å². The second-order valence-electron chi connectivity index (χ2n) is 10.3. The van der Waals surface area contributed by atoms with Crippen LogP contribution in [0.25, 0.3) is 0 Å². The van der Waals surface area contributed by atoms with Crippen LogP contribution in [-0.4, -0.2) is 5.66 Å². The quantitative estimate of drug-likeness (QED) is 0.247. The molecule has 1 aliphatic carbocycles. The summed E-state index contributed by atoms with van der Waals surface area (Å²) < 4.78 is 7.96. The molecule has 1 heterocycles. The predicted molar refractivity (Wildman–Crippen MR) is 167 cm³/mol. The summed E-state index contributed by atoms with van der Waals surface area (Å²) in [6.45, 7) is 7.23. The number of rotatable bonds is 4. The number of hydrogen-bond acceptors (Lipinski definition) is 1. The first-order chi connectivity index (χ1) is 18.6. The molecule has 0 spiro atoms. The van der Waals surface area contributed by atoms with Crippen molar-refractivity contribution < 1.29 is 4.52 Å². The van der Waals surface area contributed by atoms with Crippen molar-refractivity contribution in [1.82, 2.24) is 0 Å². The molecule has 1 aliphatic heterocycles. The van der Waals surface area contributed by atoms with Crippen LogP contribution < -0.4 is 15.9 Å². The fraction of sp³-hybridized carbons (Fsp3) is 0.222. The van der Waals surface area contributed by atoms with Crippen molar-refractivity contribution in [3.05, 3.63) is 150 Å². The van der Waals surface area contributed by atoms with Gasteiger partial charge in [0, 0.05) is 0 Å². The van der Waals surface area contributed by atoms with E-state index in [2.05, 4.69) is 148 Å². The van der Waals surface area contributed by atoms with Crippen LogP contribution in [0.3, 0.4) is 0 Å². The Kier molecular flexibility index (Phi) is 7.28. The third-order valence-electron chi connectivity index (χ3n) is 8.23. The van der Waals surface area contributed by atoms with E-state index in [0.717, 1.165) is 0 Å². The molecule has 194 valence electrons. The third kappa shape index (κ3) is 3.76. The fourth-order valence-electron chi connectivity index (χ4n) is 6.97. The average molecular weight is 519 g/mol. The molecule has 0 N–H and O–H groups in total. The second kappa shape index (κ2) is 10.5. The van der Waals surface area contributed by atoms with Crippen LogP contribution in [0, 0.1) is 26.7 Å². The molecule has 38 heavy (non-hydrogen) atoms. The molecule has 1 fully saturated rings. The Bertz CT molecular complexity index is 1330. The van der Waals surface area contributed by atoms with Crippen LogP contribution in [-0.2, 0) is 4.52 Å². The van der Waals surface area contributed by atoms with Crippen molar-refractivity contribution in [3.8, 4) is 0 Å². The SMILES string of the molecule is CC.Cc1cc(C)c(C2OP(c3ccccc3)(c3ccccc3)(c3ccccc3)C3C=CC=C[C@H]23)c(C)c1. The third-order valence-corrected chi connectivity index (χ3v) is 14.5. The van der Waals surface area contributed by atoms with Gasteiger partial charge in [0.25, 0.3) is 0 Å². The average Bonchev–Trinajstić information content (AvgIpc) is 3.28. The van der Waals surface area contributed by atoms with Gasteiger partial charge in [0.2, 0.25) is 0 Å². The molecular weight excluding hydrogens is 479 g/mol. The van der Waals surface area contributed by atoms with Gasteiger partial charge < -0.3 is 0 Å². The zero-order valence-corrected chi connectivity index (χ0v) is 24.1. The van der Waals surface area contributed by atoms with E-state index in [9.17, 15) is 0 Å². The van der Waals surface area contributed by atoms with E-state index < -0.39 is 6.83 Å². The molecule has 0 aromatic heterocycles. The van der Waals surface area contributed by atoms with E-state index in [4.69, 9.17) is 4.52 Å². The summed E-state index contributed by atoms with van der Waals surface area (Å²) in [6.07, 6.45) is 9.24. The van der Waals surface area contributed by atoms with Gasteiger partial charge in [-0.05, 0) is 0 Å². The molecule has 0 radical (unpaired) electrons. The molecule has 0 bridgehead atoms. The zero-order valence-electron chi connectivity index (χ0n) is 23.2. The van der Waals surface area contributed by atoms with Gasteiger partial charge in [-0.3, -0.25) is 0 Å². The van der Waals surface area contributed by atoms with Gasteiger partial charge in [-0.15, -0.1) is 0 Å². The summed E-state index contributed by atoms with van der Waals surface area (Å²) in [6, 6.07) is 37.8. The van der Waals surface area contributed by atoms with Crippen LogP contribution in [0.2, 0.25) is 0 Å². The molecule has 4 aromatic rings. The van der Waals surface area contributed by atoms with Gasteiger partial charge in [0.15, 0.2) is 0 Å². The summed E-state index contributed by atoms with van der Waals surface area (Å²) in [7, 11) is 0. The minimum absolute atomic E-state index is 0.0462. The Balaban J connectivity index is 0.00000144. The Morgan fingerprint density at radius 2 is 1.00 bits per heavy atom. The van der Waals surface area contributed by atoms with Gasteiger partial charge in [-0.2, -0.15) is 0 Å². The van der Waals surface area contributed by atoms with Crippen LogP contribution in [0.15, 0.2) is 127 Å². The Morgan fingerprint density at radius 3 is 1.45 bits per heavy atom. The molecule has 2 unspecified atom stereocenters. The van der Waals surface area contributed by atoms with E-state index >= 15 is 0 Å². The molecule has 0 amide bonds. The van der Waals surface area contributed by atoms with Crippen molar-refractivity contribution in [3.63, 3.8) is 0 Å². The topological polar surface area (TPSA) is 9.23 Å². The molecule has 4 aromatic carbocycles. The molecule has 6 rings (SSSR count). The molecule has 0 saturated carbocycles. The molecular formula is C36H39OP. The van der Waals surface area contributed by atoms with E-state index in [-0.39, 0.29) is 17.7 Å². The van der Waals surface area contributed by atoms with E-state index in [1.54, 1.807) is 0 Å².